The standard InChI is InChI=1S/C11H11ClN2O4/c1-5(11(17)18)10(16)14-8-4-6(9(13)15)2-3-7(8)12/h2-5H,1H3,(H2,13,15)(H,14,16)(H,17,18). The molecular formula is C11H11ClN2O4. The highest BCUT2D eigenvalue weighted by atomic mass is 35.5. The zero-order chi connectivity index (χ0) is 13.9. The van der Waals surface area contributed by atoms with Gasteiger partial charge in [0.1, 0.15) is 5.92 Å². The van der Waals surface area contributed by atoms with Gasteiger partial charge in [0.15, 0.2) is 0 Å². The van der Waals surface area contributed by atoms with Gasteiger partial charge in [-0.15, -0.1) is 0 Å². The molecular weight excluding hydrogens is 260 g/mol. The predicted molar refractivity (Wildman–Crippen MR) is 65.4 cm³/mol. The number of carboxylic acids is 1. The molecule has 1 unspecified atom stereocenters. The van der Waals surface area contributed by atoms with Crippen molar-refractivity contribution in [3.05, 3.63) is 28.8 Å². The quantitative estimate of drug-likeness (QED) is 0.712. The number of carbonyl (C=O) groups excluding carboxylic acids is 2. The molecule has 18 heavy (non-hydrogen) atoms. The fourth-order valence-corrected chi connectivity index (χ4v) is 1.29. The van der Waals surface area contributed by atoms with Crippen molar-refractivity contribution in [3.8, 4) is 0 Å². The molecule has 0 aliphatic rings. The Balaban J connectivity index is 2.97. The van der Waals surface area contributed by atoms with E-state index in [-0.39, 0.29) is 16.3 Å². The first-order valence-electron chi connectivity index (χ1n) is 4.96. The molecule has 0 radical (unpaired) electrons. The van der Waals surface area contributed by atoms with Crippen molar-refractivity contribution in [1.29, 1.82) is 0 Å². The van der Waals surface area contributed by atoms with Crippen molar-refractivity contribution in [2.75, 3.05) is 5.32 Å². The summed E-state index contributed by atoms with van der Waals surface area (Å²) in [6.07, 6.45) is 0. The van der Waals surface area contributed by atoms with Crippen LogP contribution in [0.25, 0.3) is 0 Å². The highest BCUT2D eigenvalue weighted by molar-refractivity contribution is 6.34. The van der Waals surface area contributed by atoms with Crippen LogP contribution in [0, 0.1) is 5.92 Å². The number of rotatable bonds is 4. The molecule has 0 aliphatic carbocycles. The van der Waals surface area contributed by atoms with Gasteiger partial charge in [-0.25, -0.2) is 0 Å². The van der Waals surface area contributed by atoms with Crippen molar-refractivity contribution in [1.82, 2.24) is 0 Å². The second-order valence-corrected chi connectivity index (χ2v) is 4.02. The molecule has 0 saturated carbocycles. The van der Waals surface area contributed by atoms with E-state index in [1.165, 1.54) is 25.1 Å². The van der Waals surface area contributed by atoms with E-state index in [4.69, 9.17) is 22.4 Å². The third kappa shape index (κ3) is 3.21. The van der Waals surface area contributed by atoms with Gasteiger partial charge in [0, 0.05) is 5.56 Å². The summed E-state index contributed by atoms with van der Waals surface area (Å²) in [6, 6.07) is 4.08. The molecule has 1 rings (SSSR count). The highest BCUT2D eigenvalue weighted by Crippen LogP contribution is 2.23. The number of amides is 2. The number of carbonyl (C=O) groups is 3. The predicted octanol–water partition coefficient (Wildman–Crippen LogP) is 1.10. The number of nitrogens with one attached hydrogen (secondary N) is 1. The summed E-state index contributed by atoms with van der Waals surface area (Å²) in [5.74, 6) is -3.88. The minimum Gasteiger partial charge on any atom is -0.481 e. The molecule has 1 aromatic carbocycles. The molecule has 6 nitrogen and oxygen atoms in total. The molecule has 96 valence electrons. The van der Waals surface area contributed by atoms with Gasteiger partial charge in [-0.3, -0.25) is 14.4 Å². The lowest BCUT2D eigenvalue weighted by molar-refractivity contribution is -0.144. The minimum atomic E-state index is -1.25. The Morgan fingerprint density at radius 3 is 2.50 bits per heavy atom. The van der Waals surface area contributed by atoms with Crippen LogP contribution in [-0.2, 0) is 9.59 Å². The van der Waals surface area contributed by atoms with Gasteiger partial charge in [-0.1, -0.05) is 11.6 Å². The van der Waals surface area contributed by atoms with E-state index in [1.807, 2.05) is 0 Å². The second-order valence-electron chi connectivity index (χ2n) is 3.61. The lowest BCUT2D eigenvalue weighted by Gasteiger charge is -2.10. The number of benzene rings is 1. The third-order valence-electron chi connectivity index (χ3n) is 2.27. The fraction of sp³-hybridized carbons (Fsp3) is 0.182. The van der Waals surface area contributed by atoms with Crippen LogP contribution in [0.4, 0.5) is 5.69 Å². The van der Waals surface area contributed by atoms with Crippen molar-refractivity contribution in [2.24, 2.45) is 11.7 Å². The number of halogens is 1. The van der Waals surface area contributed by atoms with Crippen LogP contribution in [0.3, 0.4) is 0 Å². The number of primary amides is 1. The summed E-state index contributed by atoms with van der Waals surface area (Å²) >= 11 is 5.81. The average Bonchev–Trinajstić information content (AvgIpc) is 2.30. The minimum absolute atomic E-state index is 0.145. The van der Waals surface area contributed by atoms with Crippen LogP contribution in [0.2, 0.25) is 5.02 Å². The molecule has 0 spiro atoms. The summed E-state index contributed by atoms with van der Waals surface area (Å²) in [4.78, 5) is 33.1. The van der Waals surface area contributed by atoms with E-state index in [9.17, 15) is 14.4 Å². The smallest absolute Gasteiger partial charge is 0.315 e. The maximum Gasteiger partial charge on any atom is 0.315 e. The van der Waals surface area contributed by atoms with Crippen LogP contribution >= 0.6 is 11.6 Å². The zero-order valence-electron chi connectivity index (χ0n) is 9.44. The van der Waals surface area contributed by atoms with Gasteiger partial charge >= 0.3 is 5.97 Å². The SMILES string of the molecule is CC(C(=O)O)C(=O)Nc1cc(C(N)=O)ccc1Cl. The molecule has 0 aromatic heterocycles. The number of aliphatic carboxylic acids is 1. The number of nitrogens with two attached hydrogens (primary N) is 1. The summed E-state index contributed by atoms with van der Waals surface area (Å²) in [5, 5.41) is 11.2. The van der Waals surface area contributed by atoms with E-state index >= 15 is 0 Å². The van der Waals surface area contributed by atoms with Crippen molar-refractivity contribution in [3.63, 3.8) is 0 Å². The topological polar surface area (TPSA) is 109 Å². The van der Waals surface area contributed by atoms with E-state index in [0.29, 0.717) is 0 Å². The normalized spacial score (nSPS) is 11.7. The summed E-state index contributed by atoms with van der Waals surface area (Å²) in [7, 11) is 0. The summed E-state index contributed by atoms with van der Waals surface area (Å²) in [5.41, 5.74) is 5.39. The monoisotopic (exact) mass is 270 g/mol. The van der Waals surface area contributed by atoms with Crippen LogP contribution in [0.1, 0.15) is 17.3 Å². The second kappa shape index (κ2) is 5.50. The van der Waals surface area contributed by atoms with Crippen molar-refractivity contribution >= 4 is 35.1 Å². The van der Waals surface area contributed by atoms with Gasteiger partial charge in [0.05, 0.1) is 10.7 Å². The van der Waals surface area contributed by atoms with Gasteiger partial charge in [-0.2, -0.15) is 0 Å². The maximum absolute atomic E-state index is 11.5. The van der Waals surface area contributed by atoms with E-state index in [0.717, 1.165) is 0 Å². The Morgan fingerprint density at radius 2 is 2.00 bits per heavy atom. The Bertz CT molecular complexity index is 516. The van der Waals surface area contributed by atoms with Crippen LogP contribution in [0.15, 0.2) is 18.2 Å². The molecule has 0 aliphatic heterocycles. The number of hydrogen-bond donors (Lipinski definition) is 3. The lowest BCUT2D eigenvalue weighted by Crippen LogP contribution is -2.27. The first-order chi connectivity index (χ1) is 8.32. The van der Waals surface area contributed by atoms with Gasteiger partial charge in [0.25, 0.3) is 0 Å². The molecule has 0 bridgehead atoms. The zero-order valence-corrected chi connectivity index (χ0v) is 10.2. The first kappa shape index (κ1) is 14.0. The molecule has 4 N–H and O–H groups in total. The van der Waals surface area contributed by atoms with Crippen LogP contribution in [0.5, 0.6) is 0 Å². The highest BCUT2D eigenvalue weighted by Gasteiger charge is 2.21. The van der Waals surface area contributed by atoms with E-state index < -0.39 is 23.7 Å². The Morgan fingerprint density at radius 1 is 1.39 bits per heavy atom. The van der Waals surface area contributed by atoms with E-state index in [1.54, 1.807) is 0 Å². The van der Waals surface area contributed by atoms with Crippen LogP contribution < -0.4 is 11.1 Å². The van der Waals surface area contributed by atoms with Gasteiger partial charge in [-0.05, 0) is 25.1 Å². The molecule has 0 heterocycles. The molecule has 1 atom stereocenters. The average molecular weight is 271 g/mol. The molecule has 0 saturated heterocycles. The molecule has 7 heteroatoms. The Kier molecular flexibility index (Phi) is 4.28. The largest absolute Gasteiger partial charge is 0.481 e. The maximum atomic E-state index is 11.5. The fourth-order valence-electron chi connectivity index (χ4n) is 1.13. The van der Waals surface area contributed by atoms with Gasteiger partial charge in [0.2, 0.25) is 11.8 Å². The first-order valence-corrected chi connectivity index (χ1v) is 5.33. The van der Waals surface area contributed by atoms with Crippen LogP contribution in [-0.4, -0.2) is 22.9 Å². The summed E-state index contributed by atoms with van der Waals surface area (Å²) in [6.45, 7) is 1.24. The molecule has 0 fully saturated rings. The number of carboxylic acid groups (broad SMARTS) is 1. The van der Waals surface area contributed by atoms with Crippen molar-refractivity contribution in [2.45, 2.75) is 6.92 Å². The van der Waals surface area contributed by atoms with Crippen molar-refractivity contribution < 1.29 is 19.5 Å². The Hall–Kier alpha value is -2.08. The number of anilines is 1. The number of hydrogen-bond acceptors (Lipinski definition) is 3. The van der Waals surface area contributed by atoms with Gasteiger partial charge < -0.3 is 16.2 Å². The van der Waals surface area contributed by atoms with E-state index in [2.05, 4.69) is 5.32 Å². The lowest BCUT2D eigenvalue weighted by atomic mass is 10.1. The molecule has 2 amide bonds. The summed E-state index contributed by atoms with van der Waals surface area (Å²) < 4.78 is 0. The third-order valence-corrected chi connectivity index (χ3v) is 2.60. The molecule has 1 aromatic rings. The Labute approximate surface area is 108 Å².